The first-order valence-corrected chi connectivity index (χ1v) is 5.07. The number of amides is 1. The fourth-order valence-electron chi connectivity index (χ4n) is 1.08. The summed E-state index contributed by atoms with van der Waals surface area (Å²) >= 11 is 0. The second-order valence-corrected chi connectivity index (χ2v) is 3.74. The highest BCUT2D eigenvalue weighted by Crippen LogP contribution is 2.06. The molecule has 14 heavy (non-hydrogen) atoms. The van der Waals surface area contributed by atoms with Crippen LogP contribution in [0.3, 0.4) is 0 Å². The summed E-state index contributed by atoms with van der Waals surface area (Å²) in [4.78, 5) is 11.4. The predicted octanol–water partition coefficient (Wildman–Crippen LogP) is 0.511. The van der Waals surface area contributed by atoms with Crippen LogP contribution < -0.4 is 11.1 Å². The summed E-state index contributed by atoms with van der Waals surface area (Å²) in [6, 6.07) is -0.401. The quantitative estimate of drug-likeness (QED) is 0.659. The molecule has 0 aromatic rings. The van der Waals surface area contributed by atoms with Crippen LogP contribution in [0.25, 0.3) is 0 Å². The van der Waals surface area contributed by atoms with Gasteiger partial charge in [0, 0.05) is 13.2 Å². The van der Waals surface area contributed by atoms with Gasteiger partial charge in [-0.3, -0.25) is 4.79 Å². The molecular weight excluding hydrogens is 180 g/mol. The summed E-state index contributed by atoms with van der Waals surface area (Å²) in [5.74, 6) is 0.327. The number of rotatable bonds is 6. The molecule has 0 rings (SSSR count). The number of ether oxygens (including phenoxy) is 1. The minimum absolute atomic E-state index is 0.139. The molecule has 0 saturated carbocycles. The summed E-state index contributed by atoms with van der Waals surface area (Å²) in [6.07, 6.45) is 1.04. The Bertz CT molecular complexity index is 174. The fraction of sp³-hybridized carbons (Fsp3) is 0.900. The van der Waals surface area contributed by atoms with E-state index in [-0.39, 0.29) is 18.6 Å². The van der Waals surface area contributed by atoms with E-state index in [0.29, 0.717) is 5.92 Å². The zero-order valence-corrected chi connectivity index (χ0v) is 9.54. The van der Waals surface area contributed by atoms with Crippen LogP contribution in [-0.2, 0) is 9.53 Å². The second-order valence-electron chi connectivity index (χ2n) is 3.74. The third-order valence-electron chi connectivity index (χ3n) is 2.55. The molecule has 3 atom stereocenters. The van der Waals surface area contributed by atoms with Gasteiger partial charge in [0.25, 0.3) is 0 Å². The van der Waals surface area contributed by atoms with Crippen molar-refractivity contribution in [3.05, 3.63) is 0 Å². The van der Waals surface area contributed by atoms with Crippen molar-refractivity contribution in [3.8, 4) is 0 Å². The van der Waals surface area contributed by atoms with Crippen molar-refractivity contribution in [2.45, 2.75) is 39.3 Å². The largest absolute Gasteiger partial charge is 0.383 e. The Kier molecular flexibility index (Phi) is 6.49. The van der Waals surface area contributed by atoms with Crippen molar-refractivity contribution in [1.29, 1.82) is 0 Å². The van der Waals surface area contributed by atoms with Gasteiger partial charge in [-0.25, -0.2) is 0 Å². The van der Waals surface area contributed by atoms with Gasteiger partial charge in [0.15, 0.2) is 0 Å². The van der Waals surface area contributed by atoms with Gasteiger partial charge in [-0.2, -0.15) is 0 Å². The van der Waals surface area contributed by atoms with Crippen LogP contribution >= 0.6 is 0 Å². The normalized spacial score (nSPS) is 17.2. The topological polar surface area (TPSA) is 64.4 Å². The van der Waals surface area contributed by atoms with Gasteiger partial charge in [0.1, 0.15) is 6.04 Å². The standard InChI is InChI=1S/C10H22N2O2/c1-5-7(2)8(3)12-10(13)9(11)6-14-4/h7-9H,5-6,11H2,1-4H3,(H,12,13). The van der Waals surface area contributed by atoms with E-state index in [1.807, 2.05) is 6.92 Å². The Hall–Kier alpha value is -0.610. The lowest BCUT2D eigenvalue weighted by atomic mass is 10.0. The molecule has 0 saturated heterocycles. The molecule has 0 radical (unpaired) electrons. The van der Waals surface area contributed by atoms with Crippen LogP contribution in [0.5, 0.6) is 0 Å². The Morgan fingerprint density at radius 2 is 2.07 bits per heavy atom. The molecule has 0 heterocycles. The van der Waals surface area contributed by atoms with Gasteiger partial charge in [-0.15, -0.1) is 0 Å². The molecule has 0 spiro atoms. The molecule has 3 unspecified atom stereocenters. The zero-order chi connectivity index (χ0) is 11.1. The highest BCUT2D eigenvalue weighted by molar-refractivity contribution is 5.81. The Morgan fingerprint density at radius 1 is 1.50 bits per heavy atom. The maximum Gasteiger partial charge on any atom is 0.239 e. The van der Waals surface area contributed by atoms with Crippen molar-refractivity contribution in [2.24, 2.45) is 11.7 Å². The molecule has 0 fully saturated rings. The highest BCUT2D eigenvalue weighted by Gasteiger charge is 2.17. The summed E-state index contributed by atoms with van der Waals surface area (Å²) in [7, 11) is 1.53. The maximum atomic E-state index is 11.4. The van der Waals surface area contributed by atoms with Crippen LogP contribution in [0.2, 0.25) is 0 Å². The molecule has 4 nitrogen and oxygen atoms in total. The van der Waals surface area contributed by atoms with Crippen molar-refractivity contribution in [2.75, 3.05) is 13.7 Å². The third kappa shape index (κ3) is 4.58. The lowest BCUT2D eigenvalue weighted by molar-refractivity contribution is -0.124. The van der Waals surface area contributed by atoms with E-state index in [1.165, 1.54) is 7.11 Å². The average Bonchev–Trinajstić information content (AvgIpc) is 2.16. The number of methoxy groups -OCH3 is 1. The minimum atomic E-state index is -0.563. The minimum Gasteiger partial charge on any atom is -0.383 e. The van der Waals surface area contributed by atoms with Crippen LogP contribution in [0, 0.1) is 5.92 Å². The fourth-order valence-corrected chi connectivity index (χ4v) is 1.08. The summed E-state index contributed by atoms with van der Waals surface area (Å²) in [5, 5.41) is 2.87. The molecular formula is C10H22N2O2. The highest BCUT2D eigenvalue weighted by atomic mass is 16.5. The van der Waals surface area contributed by atoms with Gasteiger partial charge in [-0.1, -0.05) is 20.3 Å². The Labute approximate surface area is 86.2 Å². The smallest absolute Gasteiger partial charge is 0.239 e. The SMILES string of the molecule is CCC(C)C(C)NC(=O)C(N)COC. The molecule has 0 aromatic heterocycles. The van der Waals surface area contributed by atoms with E-state index >= 15 is 0 Å². The second kappa shape index (κ2) is 6.79. The summed E-state index contributed by atoms with van der Waals surface area (Å²) < 4.78 is 4.81. The van der Waals surface area contributed by atoms with E-state index in [2.05, 4.69) is 19.2 Å². The number of hydrogen-bond acceptors (Lipinski definition) is 3. The van der Waals surface area contributed by atoms with Crippen LogP contribution in [0.1, 0.15) is 27.2 Å². The first kappa shape index (κ1) is 13.4. The predicted molar refractivity (Wildman–Crippen MR) is 56.9 cm³/mol. The maximum absolute atomic E-state index is 11.4. The van der Waals surface area contributed by atoms with Gasteiger partial charge >= 0.3 is 0 Å². The van der Waals surface area contributed by atoms with Gasteiger partial charge in [0.05, 0.1) is 6.61 Å². The third-order valence-corrected chi connectivity index (χ3v) is 2.55. The lowest BCUT2D eigenvalue weighted by Crippen LogP contribution is -2.48. The number of carbonyl (C=O) groups excluding carboxylic acids is 1. The molecule has 84 valence electrons. The summed E-state index contributed by atoms with van der Waals surface area (Å²) in [5.41, 5.74) is 5.58. The van der Waals surface area contributed by atoms with Crippen LogP contribution in [0.15, 0.2) is 0 Å². The zero-order valence-electron chi connectivity index (χ0n) is 9.54. The van der Waals surface area contributed by atoms with E-state index in [1.54, 1.807) is 0 Å². The van der Waals surface area contributed by atoms with Crippen LogP contribution in [0.4, 0.5) is 0 Å². The molecule has 3 N–H and O–H groups in total. The molecule has 4 heteroatoms. The van der Waals surface area contributed by atoms with Crippen molar-refractivity contribution in [3.63, 3.8) is 0 Å². The number of carbonyl (C=O) groups is 1. The van der Waals surface area contributed by atoms with Crippen molar-refractivity contribution < 1.29 is 9.53 Å². The lowest BCUT2D eigenvalue weighted by Gasteiger charge is -2.21. The Morgan fingerprint density at radius 3 is 2.50 bits per heavy atom. The van der Waals surface area contributed by atoms with E-state index in [4.69, 9.17) is 10.5 Å². The summed E-state index contributed by atoms with van der Waals surface area (Å²) in [6.45, 7) is 6.46. The molecule has 0 aliphatic rings. The molecule has 0 aliphatic heterocycles. The number of nitrogens with two attached hydrogens (primary N) is 1. The van der Waals surface area contributed by atoms with Gasteiger partial charge in [0.2, 0.25) is 5.91 Å². The molecule has 0 aromatic carbocycles. The monoisotopic (exact) mass is 202 g/mol. The molecule has 0 aliphatic carbocycles. The van der Waals surface area contributed by atoms with E-state index in [9.17, 15) is 4.79 Å². The van der Waals surface area contributed by atoms with E-state index in [0.717, 1.165) is 6.42 Å². The number of nitrogens with one attached hydrogen (secondary N) is 1. The average molecular weight is 202 g/mol. The Balaban J connectivity index is 3.92. The molecule has 0 bridgehead atoms. The van der Waals surface area contributed by atoms with Crippen molar-refractivity contribution in [1.82, 2.24) is 5.32 Å². The first-order chi connectivity index (χ1) is 6.52. The van der Waals surface area contributed by atoms with Gasteiger partial charge < -0.3 is 15.8 Å². The van der Waals surface area contributed by atoms with Crippen LogP contribution in [-0.4, -0.2) is 31.7 Å². The number of hydrogen-bond donors (Lipinski definition) is 2. The molecule has 1 amide bonds. The van der Waals surface area contributed by atoms with E-state index < -0.39 is 6.04 Å². The van der Waals surface area contributed by atoms with Crippen molar-refractivity contribution >= 4 is 5.91 Å². The first-order valence-electron chi connectivity index (χ1n) is 5.07. The van der Waals surface area contributed by atoms with Gasteiger partial charge in [-0.05, 0) is 12.8 Å².